The number of pyridine rings is 1. The van der Waals surface area contributed by atoms with Gasteiger partial charge in [-0.15, -0.1) is 11.3 Å². The Morgan fingerprint density at radius 1 is 1.04 bits per heavy atom. The van der Waals surface area contributed by atoms with Crippen LogP contribution in [0.2, 0.25) is 0 Å². The summed E-state index contributed by atoms with van der Waals surface area (Å²) in [5, 5.41) is 10.3. The van der Waals surface area contributed by atoms with E-state index in [0.717, 1.165) is 22.6 Å². The van der Waals surface area contributed by atoms with Crippen LogP contribution in [0.4, 0.5) is 13.2 Å². The maximum Gasteiger partial charge on any atom is 0.416 e. The van der Waals surface area contributed by atoms with E-state index in [1.165, 1.54) is 23.5 Å². The maximum atomic E-state index is 12.6. The zero-order chi connectivity index (χ0) is 17.2. The first kappa shape index (κ1) is 16.6. The molecule has 0 aliphatic rings. The average Bonchev–Trinajstić information content (AvgIpc) is 3.06. The van der Waals surface area contributed by atoms with Gasteiger partial charge in [0.15, 0.2) is 0 Å². The Morgan fingerprint density at radius 2 is 1.71 bits per heavy atom. The molecule has 7 heteroatoms. The predicted octanol–water partition coefficient (Wildman–Crippen LogP) is 4.35. The Kier molecular flexibility index (Phi) is 4.64. The monoisotopic (exact) mass is 350 g/mol. The normalized spacial score (nSPS) is 13.0. The van der Waals surface area contributed by atoms with Gasteiger partial charge in [-0.1, -0.05) is 12.1 Å². The fourth-order valence-corrected chi connectivity index (χ4v) is 3.38. The van der Waals surface area contributed by atoms with E-state index < -0.39 is 11.7 Å². The highest BCUT2D eigenvalue weighted by Gasteiger charge is 2.30. The molecular formula is C17H13F3N2OS. The number of hydrogen-bond acceptors (Lipinski definition) is 4. The fraction of sp³-hybridized carbons (Fsp3) is 0.176. The van der Waals surface area contributed by atoms with E-state index in [-0.39, 0.29) is 12.5 Å². The minimum atomic E-state index is -4.35. The molecule has 24 heavy (non-hydrogen) atoms. The van der Waals surface area contributed by atoms with Crippen LogP contribution < -0.4 is 0 Å². The zero-order valence-electron chi connectivity index (χ0n) is 12.4. The van der Waals surface area contributed by atoms with E-state index in [1.54, 1.807) is 18.6 Å². The molecule has 0 spiro atoms. The quantitative estimate of drug-likeness (QED) is 0.761. The first-order valence-electron chi connectivity index (χ1n) is 7.13. The van der Waals surface area contributed by atoms with Crippen molar-refractivity contribution in [1.82, 2.24) is 9.97 Å². The van der Waals surface area contributed by atoms with Crippen molar-refractivity contribution in [2.24, 2.45) is 0 Å². The highest BCUT2D eigenvalue weighted by molar-refractivity contribution is 7.15. The van der Waals surface area contributed by atoms with Crippen LogP contribution in [0.15, 0.2) is 55.0 Å². The van der Waals surface area contributed by atoms with Gasteiger partial charge in [0.2, 0.25) is 0 Å². The Bertz CT molecular complexity index is 801. The third-order valence-electron chi connectivity index (χ3n) is 3.62. The third-order valence-corrected chi connectivity index (χ3v) is 4.78. The molecule has 0 saturated heterocycles. The fourth-order valence-electron chi connectivity index (χ4n) is 2.34. The molecule has 2 aromatic heterocycles. The summed E-state index contributed by atoms with van der Waals surface area (Å²) in [6.07, 6.45) is 0.598. The standard InChI is InChI=1S/C17H13F3N2OS/c18-17(19,20)13-3-1-12(2-4-13)16-22-9-15(24-16)14(10-23)11-5-7-21-8-6-11/h1-9,14,23H,10H2. The van der Waals surface area contributed by atoms with Gasteiger partial charge in [-0.3, -0.25) is 4.98 Å². The minimum Gasteiger partial charge on any atom is -0.395 e. The summed E-state index contributed by atoms with van der Waals surface area (Å²) in [7, 11) is 0. The SMILES string of the molecule is OCC(c1ccncc1)c1cnc(-c2ccc(C(F)(F)F)cc2)s1. The van der Waals surface area contributed by atoms with Crippen molar-refractivity contribution in [3.63, 3.8) is 0 Å². The van der Waals surface area contributed by atoms with Crippen LogP contribution in [0.5, 0.6) is 0 Å². The van der Waals surface area contributed by atoms with Crippen molar-refractivity contribution in [1.29, 1.82) is 0 Å². The Labute approximate surface area is 140 Å². The van der Waals surface area contributed by atoms with Gasteiger partial charge in [0.25, 0.3) is 0 Å². The summed E-state index contributed by atoms with van der Waals surface area (Å²) < 4.78 is 37.9. The number of benzene rings is 1. The van der Waals surface area contributed by atoms with Gasteiger partial charge in [-0.05, 0) is 29.8 Å². The van der Waals surface area contributed by atoms with E-state index in [9.17, 15) is 18.3 Å². The number of halogens is 3. The molecule has 3 rings (SSSR count). The number of aliphatic hydroxyl groups excluding tert-OH is 1. The van der Waals surface area contributed by atoms with Crippen LogP contribution in [0, 0.1) is 0 Å². The van der Waals surface area contributed by atoms with Gasteiger partial charge < -0.3 is 5.11 Å². The molecule has 0 aliphatic heterocycles. The lowest BCUT2D eigenvalue weighted by molar-refractivity contribution is -0.137. The van der Waals surface area contributed by atoms with Crippen molar-refractivity contribution >= 4 is 11.3 Å². The second kappa shape index (κ2) is 6.70. The number of nitrogens with zero attached hydrogens (tertiary/aromatic N) is 2. The van der Waals surface area contributed by atoms with Crippen LogP contribution >= 0.6 is 11.3 Å². The van der Waals surface area contributed by atoms with Crippen LogP contribution in [0.1, 0.15) is 21.9 Å². The second-order valence-electron chi connectivity index (χ2n) is 5.16. The van der Waals surface area contributed by atoms with Crippen LogP contribution in [-0.2, 0) is 6.18 Å². The van der Waals surface area contributed by atoms with Gasteiger partial charge in [0.1, 0.15) is 5.01 Å². The number of thiazole rings is 1. The number of aromatic nitrogens is 2. The lowest BCUT2D eigenvalue weighted by Gasteiger charge is -2.11. The smallest absolute Gasteiger partial charge is 0.395 e. The molecule has 0 bridgehead atoms. The molecule has 1 aromatic carbocycles. The summed E-state index contributed by atoms with van der Waals surface area (Å²) in [5.74, 6) is -0.228. The zero-order valence-corrected chi connectivity index (χ0v) is 13.2. The molecule has 3 aromatic rings. The van der Waals surface area contributed by atoms with E-state index in [2.05, 4.69) is 9.97 Å². The Balaban J connectivity index is 1.87. The van der Waals surface area contributed by atoms with Crippen molar-refractivity contribution < 1.29 is 18.3 Å². The van der Waals surface area contributed by atoms with Crippen molar-refractivity contribution in [3.05, 3.63) is 71.0 Å². The molecule has 1 unspecified atom stereocenters. The van der Waals surface area contributed by atoms with E-state index in [0.29, 0.717) is 10.6 Å². The van der Waals surface area contributed by atoms with Crippen molar-refractivity contribution in [3.8, 4) is 10.6 Å². The highest BCUT2D eigenvalue weighted by Crippen LogP contribution is 2.35. The maximum absolute atomic E-state index is 12.6. The van der Waals surface area contributed by atoms with Crippen LogP contribution in [0.3, 0.4) is 0 Å². The summed E-state index contributed by atoms with van der Waals surface area (Å²) in [6.45, 7) is -0.0847. The summed E-state index contributed by atoms with van der Waals surface area (Å²) >= 11 is 1.35. The van der Waals surface area contributed by atoms with Crippen LogP contribution in [0.25, 0.3) is 10.6 Å². The largest absolute Gasteiger partial charge is 0.416 e. The second-order valence-corrected chi connectivity index (χ2v) is 6.22. The van der Waals surface area contributed by atoms with E-state index >= 15 is 0 Å². The molecule has 0 radical (unpaired) electrons. The van der Waals surface area contributed by atoms with Gasteiger partial charge in [-0.2, -0.15) is 13.2 Å². The number of hydrogen-bond donors (Lipinski definition) is 1. The molecule has 124 valence electrons. The first-order chi connectivity index (χ1) is 11.5. The molecule has 0 fully saturated rings. The summed E-state index contributed by atoms with van der Waals surface area (Å²) in [5.41, 5.74) is 0.842. The molecule has 0 saturated carbocycles. The van der Waals surface area contributed by atoms with Gasteiger partial charge in [-0.25, -0.2) is 4.98 Å². The van der Waals surface area contributed by atoms with E-state index in [1.807, 2.05) is 12.1 Å². The number of aliphatic hydroxyl groups is 1. The lowest BCUT2D eigenvalue weighted by atomic mass is 10.0. The molecule has 1 N–H and O–H groups in total. The molecule has 0 aliphatic carbocycles. The predicted molar refractivity (Wildman–Crippen MR) is 85.7 cm³/mol. The van der Waals surface area contributed by atoms with Gasteiger partial charge in [0.05, 0.1) is 12.2 Å². The van der Waals surface area contributed by atoms with E-state index in [4.69, 9.17) is 0 Å². The summed E-state index contributed by atoms with van der Waals surface area (Å²) in [4.78, 5) is 9.08. The average molecular weight is 350 g/mol. The van der Waals surface area contributed by atoms with Crippen molar-refractivity contribution in [2.45, 2.75) is 12.1 Å². The van der Waals surface area contributed by atoms with Crippen LogP contribution in [-0.4, -0.2) is 21.7 Å². The molecular weight excluding hydrogens is 337 g/mol. The summed E-state index contributed by atoms with van der Waals surface area (Å²) in [6, 6.07) is 8.54. The lowest BCUT2D eigenvalue weighted by Crippen LogP contribution is -2.04. The molecule has 1 atom stereocenters. The first-order valence-corrected chi connectivity index (χ1v) is 7.95. The van der Waals surface area contributed by atoms with Gasteiger partial charge >= 0.3 is 6.18 Å². The Hall–Kier alpha value is -2.25. The topological polar surface area (TPSA) is 46.0 Å². The number of rotatable bonds is 4. The Morgan fingerprint density at radius 3 is 2.29 bits per heavy atom. The highest BCUT2D eigenvalue weighted by atomic mass is 32.1. The van der Waals surface area contributed by atoms with Crippen molar-refractivity contribution in [2.75, 3.05) is 6.61 Å². The third kappa shape index (κ3) is 3.47. The molecule has 2 heterocycles. The number of alkyl halides is 3. The molecule has 3 nitrogen and oxygen atoms in total. The minimum absolute atomic E-state index is 0.0847. The van der Waals surface area contributed by atoms with Gasteiger partial charge in [0, 0.05) is 34.9 Å². The molecule has 0 amide bonds.